The van der Waals surface area contributed by atoms with Gasteiger partial charge in [-0.05, 0) is 77.7 Å². The van der Waals surface area contributed by atoms with E-state index in [0.717, 1.165) is 39.2 Å². The highest BCUT2D eigenvalue weighted by Crippen LogP contribution is 2.55. The normalized spacial score (nSPS) is 18.2. The zero-order valence-corrected chi connectivity index (χ0v) is 28.9. The Kier molecular flexibility index (Phi) is 7.88. The van der Waals surface area contributed by atoms with Crippen LogP contribution in [0.1, 0.15) is 46.8 Å². The molecule has 1 aliphatic heterocycles. The number of fused-ring (bicyclic) bond motifs is 6. The number of benzene rings is 6. The van der Waals surface area contributed by atoms with Crippen molar-refractivity contribution in [3.05, 3.63) is 198 Å². The van der Waals surface area contributed by atoms with Crippen LogP contribution in [0.3, 0.4) is 0 Å². The van der Waals surface area contributed by atoms with Gasteiger partial charge in [-0.25, -0.2) is 0 Å². The summed E-state index contributed by atoms with van der Waals surface area (Å²) in [5.41, 5.74) is 10.5. The van der Waals surface area contributed by atoms with Gasteiger partial charge in [0.05, 0.1) is 28.2 Å². The maximum atomic E-state index is 9.79. The number of anilines is 2. The molecule has 1 N–H and O–H groups in total. The predicted molar refractivity (Wildman–Crippen MR) is 214 cm³/mol. The number of para-hydroxylation sites is 1. The number of rotatable bonds is 8. The molecule has 52 heavy (non-hydrogen) atoms. The summed E-state index contributed by atoms with van der Waals surface area (Å²) in [5.74, 6) is 0.164. The number of aromatic nitrogens is 1. The molecule has 0 spiro atoms. The van der Waals surface area contributed by atoms with E-state index in [1.165, 1.54) is 21.9 Å². The zero-order chi connectivity index (χ0) is 35.1. The van der Waals surface area contributed by atoms with Crippen molar-refractivity contribution in [1.82, 2.24) is 9.88 Å². The quantitative estimate of drug-likeness (QED) is 0.164. The average Bonchev–Trinajstić information content (AvgIpc) is 3.66. The Morgan fingerprint density at radius 3 is 2.38 bits per heavy atom. The van der Waals surface area contributed by atoms with Gasteiger partial charge >= 0.3 is 0 Å². The van der Waals surface area contributed by atoms with E-state index in [9.17, 15) is 5.26 Å². The van der Waals surface area contributed by atoms with Crippen molar-refractivity contribution < 1.29 is 0 Å². The Bertz CT molecular complexity index is 2570. The van der Waals surface area contributed by atoms with Crippen molar-refractivity contribution >= 4 is 39.4 Å². The molecule has 250 valence electrons. The fourth-order valence-electron chi connectivity index (χ4n) is 8.10. The fourth-order valence-corrected chi connectivity index (χ4v) is 8.10. The van der Waals surface area contributed by atoms with Crippen LogP contribution >= 0.6 is 0 Å². The molecule has 0 fully saturated rings. The van der Waals surface area contributed by atoms with Gasteiger partial charge in [-0.1, -0.05) is 121 Å². The molecule has 0 bridgehead atoms. The van der Waals surface area contributed by atoms with Crippen molar-refractivity contribution in [2.45, 2.75) is 31.1 Å². The lowest BCUT2D eigenvalue weighted by Gasteiger charge is -2.39. The van der Waals surface area contributed by atoms with Gasteiger partial charge < -0.3 is 9.47 Å². The number of hydrogen-bond acceptors (Lipinski definition) is 4. The first kappa shape index (κ1) is 31.5. The van der Waals surface area contributed by atoms with Crippen molar-refractivity contribution in [3.63, 3.8) is 0 Å². The smallest absolute Gasteiger partial charge is 0.125 e. The summed E-state index contributed by atoms with van der Waals surface area (Å²) in [6.07, 6.45) is 10.7. The minimum Gasteiger partial charge on any atom is -0.331 e. The first-order valence-corrected chi connectivity index (χ1v) is 17.8. The summed E-state index contributed by atoms with van der Waals surface area (Å²) in [4.78, 5) is 7.51. The molecule has 7 aromatic rings. The summed E-state index contributed by atoms with van der Waals surface area (Å²) >= 11 is 0. The van der Waals surface area contributed by atoms with Crippen LogP contribution in [0.2, 0.25) is 0 Å². The topological polar surface area (TPSA) is 56.4 Å². The third-order valence-electron chi connectivity index (χ3n) is 10.5. The first-order chi connectivity index (χ1) is 25.6. The van der Waals surface area contributed by atoms with Crippen LogP contribution in [0, 0.1) is 11.3 Å². The van der Waals surface area contributed by atoms with E-state index in [4.69, 9.17) is 4.99 Å². The number of nitrogens with zero attached hydrogens (tertiary/aromatic N) is 4. The van der Waals surface area contributed by atoms with Crippen LogP contribution in [0.4, 0.5) is 11.4 Å². The highest BCUT2D eigenvalue weighted by atomic mass is 15.2. The molecule has 0 saturated carbocycles. The van der Waals surface area contributed by atoms with Crippen LogP contribution in [-0.4, -0.2) is 16.3 Å². The van der Waals surface area contributed by atoms with Crippen LogP contribution < -0.4 is 10.2 Å². The summed E-state index contributed by atoms with van der Waals surface area (Å²) in [6.45, 7) is 3.01. The maximum absolute atomic E-state index is 9.79. The molecule has 2 heterocycles. The van der Waals surface area contributed by atoms with Gasteiger partial charge in [-0.2, -0.15) is 5.26 Å². The molecule has 1 aliphatic carbocycles. The maximum Gasteiger partial charge on any atom is 0.125 e. The van der Waals surface area contributed by atoms with Gasteiger partial charge in [-0.15, -0.1) is 0 Å². The van der Waals surface area contributed by atoms with Gasteiger partial charge in [-0.3, -0.25) is 10.3 Å². The molecule has 3 unspecified atom stereocenters. The number of nitrogens with one attached hydrogen (secondary N) is 1. The molecule has 2 aliphatic rings. The third-order valence-corrected chi connectivity index (χ3v) is 10.5. The number of aliphatic imine (C=N–C) groups is 1. The SMILES string of the molecule is CC12C=CC=CC1c1cc3c4ccccc4n(-c4cccc(C=NC(NCc5ccccc5)c5ccccc5)c4)c3cc1N2c1cccc(C#N)c1. The second kappa shape index (κ2) is 13.0. The lowest BCUT2D eigenvalue weighted by Crippen LogP contribution is -2.41. The average molecular weight is 672 g/mol. The van der Waals surface area contributed by atoms with Crippen LogP contribution in [0.15, 0.2) is 175 Å². The second-order valence-electron chi connectivity index (χ2n) is 13.8. The number of allylic oxidation sites excluding steroid dienone is 2. The molecule has 5 heteroatoms. The summed E-state index contributed by atoms with van der Waals surface area (Å²) in [6, 6.07) is 53.2. The molecular formula is C47H37N5. The third kappa shape index (κ3) is 5.42. The lowest BCUT2D eigenvalue weighted by atomic mass is 9.80. The van der Waals surface area contributed by atoms with Crippen molar-refractivity contribution in [2.24, 2.45) is 4.99 Å². The number of hydrogen-bond donors (Lipinski definition) is 1. The van der Waals surface area contributed by atoms with E-state index in [1.54, 1.807) is 0 Å². The highest BCUT2D eigenvalue weighted by Gasteiger charge is 2.47. The van der Waals surface area contributed by atoms with Gasteiger partial charge in [0.2, 0.25) is 0 Å². The zero-order valence-electron chi connectivity index (χ0n) is 28.9. The Hall–Kier alpha value is -6.48. The molecule has 0 amide bonds. The predicted octanol–water partition coefficient (Wildman–Crippen LogP) is 10.7. The highest BCUT2D eigenvalue weighted by molar-refractivity contribution is 6.11. The van der Waals surface area contributed by atoms with Crippen molar-refractivity contribution in [1.29, 1.82) is 5.26 Å². The van der Waals surface area contributed by atoms with E-state index < -0.39 is 0 Å². The monoisotopic (exact) mass is 671 g/mol. The van der Waals surface area contributed by atoms with E-state index in [0.29, 0.717) is 12.1 Å². The molecule has 0 radical (unpaired) electrons. The van der Waals surface area contributed by atoms with E-state index in [1.807, 2.05) is 36.5 Å². The molecule has 6 aromatic carbocycles. The van der Waals surface area contributed by atoms with Gasteiger partial charge in [0, 0.05) is 46.5 Å². The van der Waals surface area contributed by atoms with Crippen LogP contribution in [-0.2, 0) is 6.54 Å². The largest absolute Gasteiger partial charge is 0.331 e. The lowest BCUT2D eigenvalue weighted by molar-refractivity contribution is 0.542. The summed E-state index contributed by atoms with van der Waals surface area (Å²) in [5, 5.41) is 15.9. The van der Waals surface area contributed by atoms with Crippen LogP contribution in [0.5, 0.6) is 0 Å². The standard InChI is InChI=1S/C47H37N5/c1-47-25-11-10-23-42(47)41-28-40-39-22-8-9-24-43(39)51(44(40)29-45(41)52(47)38-21-12-16-34(26-38)30-48)37-20-13-17-35(27-37)32-50-46(36-18-6-3-7-19-36)49-31-33-14-4-2-5-15-33/h2-29,32,42,46,49H,31H2,1H3. The van der Waals surface area contributed by atoms with Crippen molar-refractivity contribution in [3.8, 4) is 11.8 Å². The van der Waals surface area contributed by atoms with Crippen LogP contribution in [0.25, 0.3) is 27.5 Å². The van der Waals surface area contributed by atoms with Gasteiger partial charge in [0.1, 0.15) is 6.17 Å². The Morgan fingerprint density at radius 1 is 0.769 bits per heavy atom. The summed E-state index contributed by atoms with van der Waals surface area (Å²) in [7, 11) is 0. The van der Waals surface area contributed by atoms with Gasteiger partial charge in [0.15, 0.2) is 0 Å². The van der Waals surface area contributed by atoms with E-state index >= 15 is 0 Å². The van der Waals surface area contributed by atoms with Crippen molar-refractivity contribution in [2.75, 3.05) is 4.90 Å². The minimum absolute atomic E-state index is 0.164. The minimum atomic E-state index is -0.315. The van der Waals surface area contributed by atoms with E-state index in [-0.39, 0.29) is 17.6 Å². The van der Waals surface area contributed by atoms with E-state index in [2.05, 4.69) is 167 Å². The number of nitriles is 1. The Balaban J connectivity index is 1.16. The fraction of sp³-hybridized carbons (Fsp3) is 0.106. The second-order valence-corrected chi connectivity index (χ2v) is 13.8. The molecule has 9 rings (SSSR count). The Labute approximate surface area is 304 Å². The molecular weight excluding hydrogens is 635 g/mol. The molecule has 1 aromatic heterocycles. The summed E-state index contributed by atoms with van der Waals surface area (Å²) < 4.78 is 2.38. The first-order valence-electron chi connectivity index (χ1n) is 17.8. The molecule has 3 atom stereocenters. The molecule has 5 nitrogen and oxygen atoms in total. The van der Waals surface area contributed by atoms with Gasteiger partial charge in [0.25, 0.3) is 0 Å². The Morgan fingerprint density at radius 2 is 1.54 bits per heavy atom. The molecule has 0 saturated heterocycles.